The maximum Gasteiger partial charge on any atom is 0.255 e. The lowest BCUT2D eigenvalue weighted by Crippen LogP contribution is -2.56. The molecule has 4 aliphatic rings. The first-order valence-corrected chi connectivity index (χ1v) is 10.6. The molecule has 0 aromatic heterocycles. The second-order valence-corrected chi connectivity index (χ2v) is 8.40. The van der Waals surface area contributed by atoms with Crippen LogP contribution >= 0.6 is 0 Å². The van der Waals surface area contributed by atoms with Crippen LogP contribution in [0.3, 0.4) is 0 Å². The average Bonchev–Trinajstić information content (AvgIpc) is 3.06. The van der Waals surface area contributed by atoms with Gasteiger partial charge < -0.3 is 19.4 Å². The summed E-state index contributed by atoms with van der Waals surface area (Å²) in [5.41, 5.74) is 3.67. The quantitative estimate of drug-likeness (QED) is 0.756. The lowest BCUT2D eigenvalue weighted by atomic mass is 10.0. The smallest absolute Gasteiger partial charge is 0.255 e. The number of piperazine rings is 1. The van der Waals surface area contributed by atoms with Gasteiger partial charge in [0.05, 0.1) is 11.7 Å². The molecule has 5 rings (SSSR count). The van der Waals surface area contributed by atoms with Crippen LogP contribution in [0.2, 0.25) is 0 Å². The number of amides is 3. The molecule has 0 saturated carbocycles. The fourth-order valence-corrected chi connectivity index (χ4v) is 4.93. The second-order valence-electron chi connectivity index (χ2n) is 8.40. The van der Waals surface area contributed by atoms with E-state index in [0.717, 1.165) is 48.8 Å². The molecule has 8 nitrogen and oxygen atoms in total. The van der Waals surface area contributed by atoms with E-state index in [1.54, 1.807) is 4.90 Å². The number of ether oxygens (including phenoxy) is 1. The van der Waals surface area contributed by atoms with Crippen LogP contribution < -0.4 is 15.0 Å². The molecule has 1 unspecified atom stereocenters. The van der Waals surface area contributed by atoms with Crippen LogP contribution in [0.1, 0.15) is 42.1 Å². The van der Waals surface area contributed by atoms with E-state index >= 15 is 0 Å². The van der Waals surface area contributed by atoms with Gasteiger partial charge in [0.15, 0.2) is 0 Å². The fourth-order valence-electron chi connectivity index (χ4n) is 4.93. The molecular formula is C22H26N4O4. The summed E-state index contributed by atoms with van der Waals surface area (Å²) in [6.45, 7) is 9.92. The number of allylic oxidation sites excluding steroid dienone is 1. The number of imide groups is 1. The van der Waals surface area contributed by atoms with Gasteiger partial charge in [0.2, 0.25) is 11.8 Å². The Kier molecular flexibility index (Phi) is 4.45. The third kappa shape index (κ3) is 2.93. The molecule has 2 atom stereocenters. The molecule has 0 bridgehead atoms. The topological polar surface area (TPSA) is 82.2 Å². The van der Waals surface area contributed by atoms with Crippen molar-refractivity contribution in [3.05, 3.63) is 35.5 Å². The largest absolute Gasteiger partial charge is 0.489 e. The van der Waals surface area contributed by atoms with Crippen LogP contribution in [0.25, 0.3) is 0 Å². The predicted octanol–water partition coefficient (Wildman–Crippen LogP) is 1.25. The molecule has 2 fully saturated rings. The molecule has 30 heavy (non-hydrogen) atoms. The Labute approximate surface area is 175 Å². The van der Waals surface area contributed by atoms with Crippen molar-refractivity contribution in [3.8, 4) is 5.75 Å². The first kappa shape index (κ1) is 19.0. The Hall–Kier alpha value is -3.03. The van der Waals surface area contributed by atoms with Gasteiger partial charge >= 0.3 is 0 Å². The van der Waals surface area contributed by atoms with Crippen molar-refractivity contribution in [1.29, 1.82) is 0 Å². The van der Waals surface area contributed by atoms with Gasteiger partial charge in [0.25, 0.3) is 5.91 Å². The molecule has 2 saturated heterocycles. The number of fused-ring (bicyclic) bond motifs is 4. The van der Waals surface area contributed by atoms with Crippen LogP contribution in [0, 0.1) is 0 Å². The van der Waals surface area contributed by atoms with Gasteiger partial charge in [0.1, 0.15) is 18.4 Å². The molecule has 4 heterocycles. The minimum absolute atomic E-state index is 0.169. The Morgan fingerprint density at radius 1 is 1.23 bits per heavy atom. The van der Waals surface area contributed by atoms with Gasteiger partial charge in [-0.1, -0.05) is 13.5 Å². The number of rotatable bonds is 3. The number of carbonyl (C=O) groups is 3. The second kappa shape index (κ2) is 7.04. The standard InChI is InChI=1S/C22H26N4O4/c1-3-13(2)24-6-7-25-15(11-24)12-30-19-9-16-14(8-18(19)25)10-26(22(16)29)17-4-5-20(27)23-21(17)28/h8-9,15,17H,2-7,10-12H2,1H3,(H,23,27,28)/t15-,17?/m0/s1. The summed E-state index contributed by atoms with van der Waals surface area (Å²) >= 11 is 0. The van der Waals surface area contributed by atoms with E-state index in [1.165, 1.54) is 0 Å². The zero-order valence-electron chi connectivity index (χ0n) is 17.1. The van der Waals surface area contributed by atoms with Crippen LogP contribution in [0.5, 0.6) is 5.75 Å². The Balaban J connectivity index is 1.39. The van der Waals surface area contributed by atoms with Gasteiger partial charge in [-0.15, -0.1) is 0 Å². The highest BCUT2D eigenvalue weighted by Crippen LogP contribution is 2.41. The van der Waals surface area contributed by atoms with Crippen molar-refractivity contribution in [2.75, 3.05) is 31.1 Å². The summed E-state index contributed by atoms with van der Waals surface area (Å²) in [6.07, 6.45) is 1.56. The maximum absolute atomic E-state index is 13.0. The minimum Gasteiger partial charge on any atom is -0.489 e. The van der Waals surface area contributed by atoms with E-state index in [1.807, 2.05) is 12.1 Å². The lowest BCUT2D eigenvalue weighted by Gasteiger charge is -2.46. The number of carbonyl (C=O) groups excluding carboxylic acids is 3. The molecule has 1 aromatic rings. The van der Waals surface area contributed by atoms with Gasteiger partial charge in [-0.3, -0.25) is 19.7 Å². The highest BCUT2D eigenvalue weighted by molar-refractivity contribution is 6.05. The van der Waals surface area contributed by atoms with E-state index in [9.17, 15) is 14.4 Å². The third-order valence-electron chi connectivity index (χ3n) is 6.68. The van der Waals surface area contributed by atoms with Gasteiger partial charge in [-0.05, 0) is 30.5 Å². The van der Waals surface area contributed by atoms with E-state index in [0.29, 0.717) is 25.1 Å². The summed E-state index contributed by atoms with van der Waals surface area (Å²) in [4.78, 5) is 43.0. The summed E-state index contributed by atoms with van der Waals surface area (Å²) < 4.78 is 6.05. The predicted molar refractivity (Wildman–Crippen MR) is 110 cm³/mol. The zero-order valence-corrected chi connectivity index (χ0v) is 17.1. The SMILES string of the molecule is C=C(CC)N1CCN2c3cc4c(cc3OC[C@@H]2C1)C(=O)N(C1CCC(=O)NC1=O)C4. The van der Waals surface area contributed by atoms with Crippen molar-refractivity contribution in [1.82, 2.24) is 15.1 Å². The van der Waals surface area contributed by atoms with Crippen LogP contribution in [0.15, 0.2) is 24.4 Å². The number of benzene rings is 1. The highest BCUT2D eigenvalue weighted by atomic mass is 16.5. The van der Waals surface area contributed by atoms with Crippen molar-refractivity contribution >= 4 is 23.4 Å². The van der Waals surface area contributed by atoms with E-state index in [4.69, 9.17) is 4.74 Å². The molecule has 1 N–H and O–H groups in total. The van der Waals surface area contributed by atoms with Gasteiger partial charge in [-0.2, -0.15) is 0 Å². The third-order valence-corrected chi connectivity index (χ3v) is 6.68. The van der Waals surface area contributed by atoms with Crippen molar-refractivity contribution in [3.63, 3.8) is 0 Å². The number of hydrogen-bond donors (Lipinski definition) is 1. The minimum atomic E-state index is -0.600. The van der Waals surface area contributed by atoms with Gasteiger partial charge in [-0.25, -0.2) is 0 Å². The average molecular weight is 410 g/mol. The maximum atomic E-state index is 13.0. The molecule has 1 aromatic carbocycles. The highest BCUT2D eigenvalue weighted by Gasteiger charge is 2.41. The molecule has 0 aliphatic carbocycles. The van der Waals surface area contributed by atoms with Crippen LogP contribution in [-0.2, 0) is 16.1 Å². The van der Waals surface area contributed by atoms with Gasteiger partial charge in [0, 0.05) is 43.9 Å². The number of hydrogen-bond acceptors (Lipinski definition) is 6. The first-order chi connectivity index (χ1) is 14.5. The monoisotopic (exact) mass is 410 g/mol. The number of nitrogens with one attached hydrogen (secondary N) is 1. The number of piperidine rings is 1. The Bertz CT molecular complexity index is 959. The van der Waals surface area contributed by atoms with E-state index < -0.39 is 6.04 Å². The lowest BCUT2D eigenvalue weighted by molar-refractivity contribution is -0.136. The summed E-state index contributed by atoms with van der Waals surface area (Å²) in [7, 11) is 0. The molecule has 0 radical (unpaired) electrons. The molecule has 158 valence electrons. The zero-order chi connectivity index (χ0) is 21.0. The number of anilines is 1. The molecule has 8 heteroatoms. The molecule has 0 spiro atoms. The van der Waals surface area contributed by atoms with Crippen molar-refractivity contribution in [2.45, 2.75) is 44.8 Å². The van der Waals surface area contributed by atoms with Crippen LogP contribution in [0.4, 0.5) is 5.69 Å². The molecular weight excluding hydrogens is 384 g/mol. The summed E-state index contributed by atoms with van der Waals surface area (Å²) in [5.74, 6) is -0.107. The van der Waals surface area contributed by atoms with Crippen molar-refractivity contribution in [2.24, 2.45) is 0 Å². The normalized spacial score (nSPS) is 25.4. The van der Waals surface area contributed by atoms with E-state index in [-0.39, 0.29) is 30.2 Å². The van der Waals surface area contributed by atoms with E-state index in [2.05, 4.69) is 28.6 Å². The summed E-state index contributed by atoms with van der Waals surface area (Å²) in [6, 6.07) is 3.52. The molecule has 4 aliphatic heterocycles. The van der Waals surface area contributed by atoms with Crippen LogP contribution in [-0.4, -0.2) is 65.8 Å². The first-order valence-electron chi connectivity index (χ1n) is 10.6. The molecule has 3 amide bonds. The fraction of sp³-hybridized carbons (Fsp3) is 0.500. The number of nitrogens with zero attached hydrogens (tertiary/aromatic N) is 3. The Morgan fingerprint density at radius 3 is 2.83 bits per heavy atom. The van der Waals surface area contributed by atoms with Crippen molar-refractivity contribution < 1.29 is 19.1 Å². The summed E-state index contributed by atoms with van der Waals surface area (Å²) in [5, 5.41) is 2.35. The Morgan fingerprint density at radius 2 is 2.07 bits per heavy atom.